The van der Waals surface area contributed by atoms with Crippen molar-refractivity contribution in [3.63, 3.8) is 0 Å². The number of anilines is 1. The maximum Gasteiger partial charge on any atom is 0.226 e. The van der Waals surface area contributed by atoms with Crippen molar-refractivity contribution >= 4 is 5.69 Å². The molecule has 0 aliphatic carbocycles. The zero-order chi connectivity index (χ0) is 13.1. The van der Waals surface area contributed by atoms with Crippen LogP contribution in [0.2, 0.25) is 0 Å². The normalized spacial score (nSPS) is 32.2. The second kappa shape index (κ2) is 5.53. The average Bonchev–Trinajstić information content (AvgIpc) is 2.35. The number of hydrogen-bond acceptors (Lipinski definition) is 6. The molecule has 1 aliphatic rings. The predicted octanol–water partition coefficient (Wildman–Crippen LogP) is -0.523. The van der Waals surface area contributed by atoms with Crippen LogP contribution >= 0.6 is 0 Å². The van der Waals surface area contributed by atoms with Gasteiger partial charge in [-0.1, -0.05) is 0 Å². The predicted molar refractivity (Wildman–Crippen MR) is 63.9 cm³/mol. The molecule has 1 aliphatic heterocycles. The van der Waals surface area contributed by atoms with Crippen LogP contribution in [0.3, 0.4) is 0 Å². The van der Waals surface area contributed by atoms with Crippen molar-refractivity contribution in [1.82, 2.24) is 0 Å². The van der Waals surface area contributed by atoms with E-state index in [-0.39, 0.29) is 13.0 Å². The fourth-order valence-corrected chi connectivity index (χ4v) is 1.82. The van der Waals surface area contributed by atoms with Crippen LogP contribution in [0.25, 0.3) is 0 Å². The molecule has 6 nitrogen and oxygen atoms in total. The number of aliphatic hydroxyl groups is 3. The van der Waals surface area contributed by atoms with Gasteiger partial charge in [-0.15, -0.1) is 0 Å². The van der Waals surface area contributed by atoms with E-state index in [1.807, 2.05) is 0 Å². The summed E-state index contributed by atoms with van der Waals surface area (Å²) in [6.07, 6.45) is -3.39. The Bertz CT molecular complexity index is 383. The summed E-state index contributed by atoms with van der Waals surface area (Å²) in [6.45, 7) is -0.324. The van der Waals surface area contributed by atoms with Gasteiger partial charge in [0.2, 0.25) is 6.29 Å². The highest BCUT2D eigenvalue weighted by Gasteiger charge is 2.37. The SMILES string of the molecule is Nc1ccc(O[C@H]2O[C@H](CO)[C@H](O)C[C@H]2O)cc1. The van der Waals surface area contributed by atoms with E-state index >= 15 is 0 Å². The van der Waals surface area contributed by atoms with E-state index in [2.05, 4.69) is 0 Å². The van der Waals surface area contributed by atoms with Gasteiger partial charge in [-0.25, -0.2) is 0 Å². The van der Waals surface area contributed by atoms with Crippen LogP contribution in [0.5, 0.6) is 5.75 Å². The van der Waals surface area contributed by atoms with Crippen molar-refractivity contribution in [2.45, 2.75) is 31.0 Å². The Kier molecular flexibility index (Phi) is 4.03. The maximum absolute atomic E-state index is 9.75. The third kappa shape index (κ3) is 2.91. The van der Waals surface area contributed by atoms with Crippen molar-refractivity contribution in [2.24, 2.45) is 0 Å². The van der Waals surface area contributed by atoms with Gasteiger partial charge >= 0.3 is 0 Å². The molecule has 0 amide bonds. The molecule has 1 fully saturated rings. The molecule has 1 aromatic carbocycles. The molecule has 0 bridgehead atoms. The Morgan fingerprint density at radius 3 is 2.50 bits per heavy atom. The molecule has 6 heteroatoms. The molecule has 0 aromatic heterocycles. The molecule has 0 spiro atoms. The van der Waals surface area contributed by atoms with Crippen molar-refractivity contribution < 1.29 is 24.8 Å². The molecule has 0 radical (unpaired) electrons. The van der Waals surface area contributed by atoms with E-state index in [9.17, 15) is 10.2 Å². The first-order valence-electron chi connectivity index (χ1n) is 5.75. The summed E-state index contributed by atoms with van der Waals surface area (Å²) in [5, 5.41) is 28.3. The van der Waals surface area contributed by atoms with Crippen LogP contribution in [0.1, 0.15) is 6.42 Å². The molecule has 0 saturated carbocycles. The summed E-state index contributed by atoms with van der Waals surface area (Å²) in [4.78, 5) is 0. The molecule has 4 atom stereocenters. The number of rotatable bonds is 3. The number of nitrogen functional groups attached to an aromatic ring is 1. The highest BCUT2D eigenvalue weighted by molar-refractivity contribution is 5.41. The molecular weight excluding hydrogens is 238 g/mol. The van der Waals surface area contributed by atoms with Crippen LogP contribution in [-0.2, 0) is 4.74 Å². The van der Waals surface area contributed by atoms with Crippen molar-refractivity contribution in [3.8, 4) is 5.75 Å². The van der Waals surface area contributed by atoms with Crippen LogP contribution in [-0.4, -0.2) is 46.5 Å². The third-order valence-corrected chi connectivity index (χ3v) is 2.85. The summed E-state index contributed by atoms with van der Waals surface area (Å²) in [7, 11) is 0. The monoisotopic (exact) mass is 255 g/mol. The van der Waals surface area contributed by atoms with Crippen LogP contribution in [0, 0.1) is 0 Å². The number of ether oxygens (including phenoxy) is 2. The fourth-order valence-electron chi connectivity index (χ4n) is 1.82. The zero-order valence-electron chi connectivity index (χ0n) is 9.77. The molecule has 1 heterocycles. The highest BCUT2D eigenvalue weighted by atomic mass is 16.7. The second-order valence-corrected chi connectivity index (χ2v) is 4.28. The average molecular weight is 255 g/mol. The lowest BCUT2D eigenvalue weighted by atomic mass is 10.0. The van der Waals surface area contributed by atoms with Crippen molar-refractivity contribution in [2.75, 3.05) is 12.3 Å². The summed E-state index contributed by atoms with van der Waals surface area (Å²) in [5.41, 5.74) is 6.15. The minimum absolute atomic E-state index is 0.102. The van der Waals surface area contributed by atoms with Gasteiger partial charge in [0.1, 0.15) is 18.0 Å². The molecule has 100 valence electrons. The Morgan fingerprint density at radius 1 is 1.22 bits per heavy atom. The van der Waals surface area contributed by atoms with Gasteiger partial charge in [0.05, 0.1) is 12.7 Å². The van der Waals surface area contributed by atoms with Crippen LogP contribution in [0.4, 0.5) is 5.69 Å². The first-order chi connectivity index (χ1) is 8.60. The zero-order valence-corrected chi connectivity index (χ0v) is 9.77. The van der Waals surface area contributed by atoms with E-state index in [0.29, 0.717) is 11.4 Å². The maximum atomic E-state index is 9.75. The summed E-state index contributed by atoms with van der Waals surface area (Å²) in [6, 6.07) is 6.65. The number of aliphatic hydroxyl groups excluding tert-OH is 3. The number of benzene rings is 1. The standard InChI is InChI=1S/C12H17NO5/c13-7-1-3-8(4-2-7)17-12-10(16)5-9(15)11(6-14)18-12/h1-4,9-12,14-16H,5-6,13H2/t9-,10-,11-,12+/m1/s1. The third-order valence-electron chi connectivity index (χ3n) is 2.85. The Labute approximate surface area is 105 Å². The number of hydrogen-bond donors (Lipinski definition) is 4. The van der Waals surface area contributed by atoms with Crippen molar-refractivity contribution in [3.05, 3.63) is 24.3 Å². The van der Waals surface area contributed by atoms with E-state index in [0.717, 1.165) is 0 Å². The van der Waals surface area contributed by atoms with Gasteiger partial charge in [-0.3, -0.25) is 0 Å². The minimum atomic E-state index is -0.944. The molecule has 5 N–H and O–H groups in total. The minimum Gasteiger partial charge on any atom is -0.462 e. The van der Waals surface area contributed by atoms with Gasteiger partial charge in [0.25, 0.3) is 0 Å². The molecule has 1 saturated heterocycles. The largest absolute Gasteiger partial charge is 0.462 e. The van der Waals surface area contributed by atoms with Crippen molar-refractivity contribution in [1.29, 1.82) is 0 Å². The summed E-state index contributed by atoms with van der Waals surface area (Å²) in [5.74, 6) is 0.501. The lowest BCUT2D eigenvalue weighted by molar-refractivity contribution is -0.240. The topological polar surface area (TPSA) is 105 Å². The van der Waals surface area contributed by atoms with Gasteiger partial charge in [0.15, 0.2) is 0 Å². The molecular formula is C12H17NO5. The molecule has 18 heavy (non-hydrogen) atoms. The Morgan fingerprint density at radius 2 is 1.89 bits per heavy atom. The van der Waals surface area contributed by atoms with Gasteiger partial charge in [-0.05, 0) is 24.3 Å². The van der Waals surface area contributed by atoms with E-state index < -0.39 is 24.6 Å². The summed E-state index contributed by atoms with van der Waals surface area (Å²) < 4.78 is 10.7. The molecule has 0 unspecified atom stereocenters. The fraction of sp³-hybridized carbons (Fsp3) is 0.500. The van der Waals surface area contributed by atoms with Gasteiger partial charge in [-0.2, -0.15) is 0 Å². The number of nitrogens with two attached hydrogens (primary N) is 1. The lowest BCUT2D eigenvalue weighted by Gasteiger charge is -2.36. The first kappa shape index (κ1) is 13.1. The quantitative estimate of drug-likeness (QED) is 0.541. The summed E-state index contributed by atoms with van der Waals surface area (Å²) >= 11 is 0. The Balaban J connectivity index is 2.01. The second-order valence-electron chi connectivity index (χ2n) is 4.28. The Hall–Kier alpha value is -1.34. The van der Waals surface area contributed by atoms with E-state index in [1.165, 1.54) is 0 Å². The van der Waals surface area contributed by atoms with Gasteiger partial charge < -0.3 is 30.5 Å². The first-order valence-corrected chi connectivity index (χ1v) is 5.75. The van der Waals surface area contributed by atoms with E-state index in [1.54, 1.807) is 24.3 Å². The lowest BCUT2D eigenvalue weighted by Crippen LogP contribution is -2.50. The molecule has 2 rings (SSSR count). The van der Waals surface area contributed by atoms with E-state index in [4.69, 9.17) is 20.3 Å². The van der Waals surface area contributed by atoms with Gasteiger partial charge in [0, 0.05) is 12.1 Å². The smallest absolute Gasteiger partial charge is 0.226 e. The van der Waals surface area contributed by atoms with Crippen LogP contribution in [0.15, 0.2) is 24.3 Å². The molecule has 1 aromatic rings. The van der Waals surface area contributed by atoms with Crippen LogP contribution < -0.4 is 10.5 Å². The highest BCUT2D eigenvalue weighted by Crippen LogP contribution is 2.24.